The highest BCUT2D eigenvalue weighted by Crippen LogP contribution is 2.37. The zero-order chi connectivity index (χ0) is 23.1. The molecule has 2 aliphatic rings. The number of hydrogen-bond acceptors (Lipinski definition) is 5. The number of carbonyl (C=O) groups is 2. The van der Waals surface area contributed by atoms with Crippen molar-refractivity contribution in [1.82, 2.24) is 14.7 Å². The number of piperidine rings is 1. The number of likely N-dealkylation sites (N-methyl/N-ethyl adjacent to an activating group) is 1. The van der Waals surface area contributed by atoms with Gasteiger partial charge in [0.2, 0.25) is 0 Å². The largest absolute Gasteiger partial charge is 0.496 e. The smallest absolute Gasteiger partial charge is 0.277 e. The van der Waals surface area contributed by atoms with Crippen molar-refractivity contribution in [2.75, 3.05) is 40.8 Å². The molecule has 0 atom stereocenters. The van der Waals surface area contributed by atoms with Gasteiger partial charge in [0.25, 0.3) is 11.8 Å². The van der Waals surface area contributed by atoms with Gasteiger partial charge in [0.1, 0.15) is 11.4 Å². The normalized spacial score (nSPS) is 18.1. The van der Waals surface area contributed by atoms with Gasteiger partial charge < -0.3 is 14.5 Å². The van der Waals surface area contributed by atoms with E-state index in [4.69, 9.17) is 4.74 Å². The van der Waals surface area contributed by atoms with Crippen LogP contribution in [-0.2, 0) is 9.59 Å². The number of nitrogens with zero attached hydrogens (tertiary/aromatic N) is 3. The highest BCUT2D eigenvalue weighted by Gasteiger charge is 2.42. The first-order valence-electron chi connectivity index (χ1n) is 12.1. The summed E-state index contributed by atoms with van der Waals surface area (Å²) >= 11 is 0. The number of carbonyl (C=O) groups excluding carboxylic acids is 2. The second-order valence-corrected chi connectivity index (χ2v) is 9.10. The SMILES string of the molecule is CCCCCCCCN1C(=O)C(c2ccccc2OC)=C(N(C)C2CCN(C)CC2)C1=O. The lowest BCUT2D eigenvalue weighted by Crippen LogP contribution is -2.43. The van der Waals surface area contributed by atoms with Gasteiger partial charge in [-0.25, -0.2) is 0 Å². The average molecular weight is 442 g/mol. The van der Waals surface area contributed by atoms with Gasteiger partial charge >= 0.3 is 0 Å². The third-order valence-corrected chi connectivity index (χ3v) is 6.84. The van der Waals surface area contributed by atoms with Gasteiger partial charge in [-0.3, -0.25) is 14.5 Å². The Hall–Kier alpha value is -2.34. The average Bonchev–Trinajstić information content (AvgIpc) is 3.05. The maximum absolute atomic E-state index is 13.6. The predicted molar refractivity (Wildman–Crippen MR) is 128 cm³/mol. The fraction of sp³-hybridized carbons (Fsp3) is 0.615. The molecule has 3 rings (SSSR count). The molecular formula is C26H39N3O3. The zero-order valence-corrected chi connectivity index (χ0v) is 20.2. The minimum Gasteiger partial charge on any atom is -0.496 e. The lowest BCUT2D eigenvalue weighted by molar-refractivity contribution is -0.137. The molecule has 1 fully saturated rings. The van der Waals surface area contributed by atoms with Gasteiger partial charge in [0.15, 0.2) is 0 Å². The molecule has 0 saturated carbocycles. The molecule has 6 nitrogen and oxygen atoms in total. The van der Waals surface area contributed by atoms with Crippen LogP contribution in [0, 0.1) is 0 Å². The highest BCUT2D eigenvalue weighted by molar-refractivity contribution is 6.36. The van der Waals surface area contributed by atoms with Crippen LogP contribution in [0.25, 0.3) is 5.57 Å². The summed E-state index contributed by atoms with van der Waals surface area (Å²) in [6.45, 7) is 4.67. The molecule has 2 amide bonds. The fourth-order valence-corrected chi connectivity index (χ4v) is 4.80. The summed E-state index contributed by atoms with van der Waals surface area (Å²) in [7, 11) is 5.71. The highest BCUT2D eigenvalue weighted by atomic mass is 16.5. The van der Waals surface area contributed by atoms with Gasteiger partial charge in [0.05, 0.1) is 12.7 Å². The van der Waals surface area contributed by atoms with Crippen LogP contribution in [0.1, 0.15) is 63.9 Å². The number of benzene rings is 1. The Morgan fingerprint density at radius 1 is 1.00 bits per heavy atom. The van der Waals surface area contributed by atoms with Crippen molar-refractivity contribution in [2.24, 2.45) is 0 Å². The first-order chi connectivity index (χ1) is 15.5. The molecule has 2 aliphatic heterocycles. The second-order valence-electron chi connectivity index (χ2n) is 9.10. The second kappa shape index (κ2) is 11.5. The van der Waals surface area contributed by atoms with Crippen molar-refractivity contribution in [3.05, 3.63) is 35.5 Å². The van der Waals surface area contributed by atoms with E-state index < -0.39 is 0 Å². The number of para-hydroxylation sites is 1. The molecule has 0 aromatic heterocycles. The molecule has 1 saturated heterocycles. The Labute approximate surface area is 193 Å². The van der Waals surface area contributed by atoms with E-state index in [0.29, 0.717) is 29.1 Å². The minimum absolute atomic E-state index is 0.161. The van der Waals surface area contributed by atoms with Crippen LogP contribution >= 0.6 is 0 Å². The van der Waals surface area contributed by atoms with Crippen LogP contribution in [0.5, 0.6) is 5.75 Å². The molecule has 1 aromatic rings. The Balaban J connectivity index is 1.86. The Morgan fingerprint density at radius 3 is 2.34 bits per heavy atom. The summed E-state index contributed by atoms with van der Waals surface area (Å²) in [5.41, 5.74) is 1.72. The van der Waals surface area contributed by atoms with E-state index in [2.05, 4.69) is 23.8 Å². The minimum atomic E-state index is -0.192. The Morgan fingerprint density at radius 2 is 1.66 bits per heavy atom. The molecule has 0 spiro atoms. The number of unbranched alkanes of at least 4 members (excludes halogenated alkanes) is 5. The van der Waals surface area contributed by atoms with Gasteiger partial charge in [-0.1, -0.05) is 57.2 Å². The van der Waals surface area contributed by atoms with E-state index >= 15 is 0 Å². The number of hydrogen-bond donors (Lipinski definition) is 0. The summed E-state index contributed by atoms with van der Waals surface area (Å²) in [6, 6.07) is 7.77. The van der Waals surface area contributed by atoms with Crippen molar-refractivity contribution >= 4 is 17.4 Å². The fourth-order valence-electron chi connectivity index (χ4n) is 4.80. The maximum atomic E-state index is 13.6. The van der Waals surface area contributed by atoms with Crippen molar-refractivity contribution in [3.8, 4) is 5.75 Å². The number of ether oxygens (including phenoxy) is 1. The Kier molecular flexibility index (Phi) is 8.74. The summed E-state index contributed by atoms with van der Waals surface area (Å²) in [6.07, 6.45) is 8.68. The lowest BCUT2D eigenvalue weighted by atomic mass is 9.99. The number of likely N-dealkylation sites (tertiary alicyclic amines) is 1. The van der Waals surface area contributed by atoms with Gasteiger partial charge in [-0.2, -0.15) is 0 Å². The number of amides is 2. The molecular weight excluding hydrogens is 402 g/mol. The third kappa shape index (κ3) is 5.34. The number of rotatable bonds is 11. The summed E-state index contributed by atoms with van der Waals surface area (Å²) in [5, 5.41) is 0. The number of imide groups is 1. The molecule has 32 heavy (non-hydrogen) atoms. The number of methoxy groups -OCH3 is 1. The molecule has 0 aliphatic carbocycles. The van der Waals surface area contributed by atoms with E-state index in [1.807, 2.05) is 31.3 Å². The van der Waals surface area contributed by atoms with Crippen LogP contribution < -0.4 is 4.74 Å². The van der Waals surface area contributed by atoms with Crippen LogP contribution in [0.3, 0.4) is 0 Å². The van der Waals surface area contributed by atoms with Crippen LogP contribution in [-0.4, -0.2) is 73.4 Å². The van der Waals surface area contributed by atoms with Crippen molar-refractivity contribution in [2.45, 2.75) is 64.3 Å². The topological polar surface area (TPSA) is 53.1 Å². The zero-order valence-electron chi connectivity index (χ0n) is 20.2. The van der Waals surface area contributed by atoms with Crippen molar-refractivity contribution < 1.29 is 14.3 Å². The Bertz CT molecular complexity index is 827. The van der Waals surface area contributed by atoms with Crippen LogP contribution in [0.15, 0.2) is 30.0 Å². The standard InChI is InChI=1S/C26H39N3O3/c1-5-6-7-8-9-12-17-29-25(30)23(21-13-10-11-14-22(21)32-4)24(26(29)31)28(3)20-15-18-27(2)19-16-20/h10-11,13-14,20H,5-9,12,15-19H2,1-4H3. The van der Waals surface area contributed by atoms with E-state index in [1.165, 1.54) is 24.2 Å². The molecule has 6 heteroatoms. The molecule has 0 N–H and O–H groups in total. The van der Waals surface area contributed by atoms with Gasteiger partial charge in [-0.15, -0.1) is 0 Å². The third-order valence-electron chi connectivity index (χ3n) is 6.84. The lowest BCUT2D eigenvalue weighted by Gasteiger charge is -2.36. The van der Waals surface area contributed by atoms with Crippen LogP contribution in [0.4, 0.5) is 0 Å². The summed E-state index contributed by atoms with van der Waals surface area (Å²) in [4.78, 5) is 33.0. The first kappa shape index (κ1) is 24.3. The molecule has 0 bridgehead atoms. The summed E-state index contributed by atoms with van der Waals surface area (Å²) < 4.78 is 5.56. The van der Waals surface area contributed by atoms with E-state index in [0.717, 1.165) is 45.2 Å². The molecule has 176 valence electrons. The van der Waals surface area contributed by atoms with Crippen molar-refractivity contribution in [3.63, 3.8) is 0 Å². The monoisotopic (exact) mass is 441 g/mol. The molecule has 0 radical (unpaired) electrons. The summed E-state index contributed by atoms with van der Waals surface area (Å²) in [5.74, 6) is 0.271. The molecule has 0 unspecified atom stereocenters. The predicted octanol–water partition coefficient (Wildman–Crippen LogP) is 4.16. The quantitative estimate of drug-likeness (QED) is 0.381. The van der Waals surface area contributed by atoms with Gasteiger partial charge in [-0.05, 0) is 45.5 Å². The van der Waals surface area contributed by atoms with E-state index in [1.54, 1.807) is 7.11 Å². The van der Waals surface area contributed by atoms with Crippen LogP contribution in [0.2, 0.25) is 0 Å². The molecule has 1 aromatic carbocycles. The van der Waals surface area contributed by atoms with E-state index in [-0.39, 0.29) is 17.9 Å². The maximum Gasteiger partial charge on any atom is 0.277 e. The van der Waals surface area contributed by atoms with E-state index in [9.17, 15) is 9.59 Å². The first-order valence-corrected chi connectivity index (χ1v) is 12.1. The molecule has 2 heterocycles. The van der Waals surface area contributed by atoms with Crippen molar-refractivity contribution in [1.29, 1.82) is 0 Å². The van der Waals surface area contributed by atoms with Gasteiger partial charge in [0, 0.05) is 25.2 Å².